The largest absolute Gasteiger partial charge is 0.449 e. The molecule has 0 spiro atoms. The lowest BCUT2D eigenvalue weighted by Gasteiger charge is -2.32. The van der Waals surface area contributed by atoms with Crippen LogP contribution >= 0.6 is 11.3 Å². The van der Waals surface area contributed by atoms with Gasteiger partial charge in [-0.05, 0) is 70.3 Å². The Bertz CT molecular complexity index is 805. The Hall–Kier alpha value is -2.67. The molecule has 6 nitrogen and oxygen atoms in total. The van der Waals surface area contributed by atoms with E-state index in [4.69, 9.17) is 4.74 Å². The summed E-state index contributed by atoms with van der Waals surface area (Å²) in [4.78, 5) is 39.3. The summed E-state index contributed by atoms with van der Waals surface area (Å²) in [5, 5.41) is 4.60. The molecule has 7 heteroatoms. The van der Waals surface area contributed by atoms with Crippen LogP contribution in [0, 0.1) is 0 Å². The molecule has 28 heavy (non-hydrogen) atoms. The van der Waals surface area contributed by atoms with E-state index in [0.29, 0.717) is 16.1 Å². The number of carbonyl (C=O) groups is 3. The van der Waals surface area contributed by atoms with Crippen LogP contribution in [0.4, 0.5) is 5.69 Å². The van der Waals surface area contributed by atoms with Gasteiger partial charge in [0.1, 0.15) is 0 Å². The van der Waals surface area contributed by atoms with Crippen molar-refractivity contribution in [2.75, 3.05) is 5.32 Å². The fraction of sp³-hybridized carbons (Fsp3) is 0.381. The fourth-order valence-corrected chi connectivity index (χ4v) is 3.50. The van der Waals surface area contributed by atoms with Gasteiger partial charge < -0.3 is 15.0 Å². The standard InChI is InChI=1S/C21H26N2O4S/c1-13(2)23(14(3)4)20(25)15(5)27-21(26)16-8-10-17(11-9-16)22-19(24)18-7-6-12-28-18/h6-15H,1-5H3,(H,22,24)/t15-/m1/s1. The third kappa shape index (κ3) is 5.42. The number of thiophene rings is 1. The Balaban J connectivity index is 1.98. The third-order valence-corrected chi connectivity index (χ3v) is 4.99. The molecule has 0 fully saturated rings. The zero-order chi connectivity index (χ0) is 20.8. The zero-order valence-corrected chi connectivity index (χ0v) is 17.6. The van der Waals surface area contributed by atoms with Gasteiger partial charge in [0.05, 0.1) is 10.4 Å². The normalized spacial score (nSPS) is 12.0. The van der Waals surface area contributed by atoms with Crippen molar-refractivity contribution in [3.8, 4) is 0 Å². The van der Waals surface area contributed by atoms with Crippen molar-refractivity contribution in [1.82, 2.24) is 4.90 Å². The lowest BCUT2D eigenvalue weighted by Crippen LogP contribution is -2.47. The Morgan fingerprint density at radius 2 is 1.57 bits per heavy atom. The van der Waals surface area contributed by atoms with Gasteiger partial charge in [-0.2, -0.15) is 0 Å². The Morgan fingerprint density at radius 1 is 0.964 bits per heavy atom. The van der Waals surface area contributed by atoms with Crippen molar-refractivity contribution in [3.05, 3.63) is 52.2 Å². The minimum absolute atomic E-state index is 0.0138. The molecule has 0 aliphatic heterocycles. The SMILES string of the molecule is CC(C)N(C(=O)[C@@H](C)OC(=O)c1ccc(NC(=O)c2cccs2)cc1)C(C)C. The lowest BCUT2D eigenvalue weighted by atomic mass is 10.2. The molecule has 2 aromatic rings. The molecule has 1 N–H and O–H groups in total. The highest BCUT2D eigenvalue weighted by atomic mass is 32.1. The highest BCUT2D eigenvalue weighted by Crippen LogP contribution is 2.16. The van der Waals surface area contributed by atoms with Crippen LogP contribution in [-0.2, 0) is 9.53 Å². The topological polar surface area (TPSA) is 75.7 Å². The van der Waals surface area contributed by atoms with Crippen LogP contribution in [0.15, 0.2) is 41.8 Å². The molecule has 0 bridgehead atoms. The third-order valence-electron chi connectivity index (χ3n) is 4.12. The number of esters is 1. The average Bonchev–Trinajstić information content (AvgIpc) is 3.16. The van der Waals surface area contributed by atoms with Gasteiger partial charge in [-0.1, -0.05) is 6.07 Å². The van der Waals surface area contributed by atoms with E-state index in [1.807, 2.05) is 33.1 Å². The number of hydrogen-bond acceptors (Lipinski definition) is 5. The highest BCUT2D eigenvalue weighted by molar-refractivity contribution is 7.12. The van der Waals surface area contributed by atoms with Gasteiger partial charge in [0.15, 0.2) is 6.10 Å². The van der Waals surface area contributed by atoms with Gasteiger partial charge >= 0.3 is 5.97 Å². The van der Waals surface area contributed by atoms with Crippen molar-refractivity contribution < 1.29 is 19.1 Å². The van der Waals surface area contributed by atoms with Crippen LogP contribution in [0.5, 0.6) is 0 Å². The van der Waals surface area contributed by atoms with Gasteiger partial charge in [0.2, 0.25) is 0 Å². The summed E-state index contributed by atoms with van der Waals surface area (Å²) in [7, 11) is 0. The molecule has 1 atom stereocenters. The molecular formula is C21H26N2O4S. The molecule has 1 aromatic heterocycles. The first-order valence-corrected chi connectivity index (χ1v) is 10.1. The van der Waals surface area contributed by atoms with Crippen molar-refractivity contribution in [1.29, 1.82) is 0 Å². The van der Waals surface area contributed by atoms with Crippen molar-refractivity contribution in [3.63, 3.8) is 0 Å². The first-order chi connectivity index (χ1) is 13.2. The van der Waals surface area contributed by atoms with Gasteiger partial charge in [0, 0.05) is 17.8 Å². The summed E-state index contributed by atoms with van der Waals surface area (Å²) in [6.07, 6.45) is -0.879. The fourth-order valence-electron chi connectivity index (χ4n) is 2.88. The van der Waals surface area contributed by atoms with Gasteiger partial charge in [0.25, 0.3) is 11.8 Å². The van der Waals surface area contributed by atoms with Crippen molar-refractivity contribution >= 4 is 34.8 Å². The quantitative estimate of drug-likeness (QED) is 0.705. The molecule has 0 unspecified atom stereocenters. The average molecular weight is 403 g/mol. The molecule has 2 amide bonds. The first-order valence-electron chi connectivity index (χ1n) is 9.18. The van der Waals surface area contributed by atoms with E-state index in [1.54, 1.807) is 48.2 Å². The summed E-state index contributed by atoms with van der Waals surface area (Å²) in [5.41, 5.74) is 0.888. The number of carbonyl (C=O) groups excluding carboxylic acids is 3. The minimum atomic E-state index is -0.879. The summed E-state index contributed by atoms with van der Waals surface area (Å²) < 4.78 is 5.34. The Morgan fingerprint density at radius 3 is 2.07 bits per heavy atom. The predicted molar refractivity (Wildman–Crippen MR) is 111 cm³/mol. The molecule has 1 heterocycles. The maximum absolute atomic E-state index is 12.6. The predicted octanol–water partition coefficient (Wildman–Crippen LogP) is 4.19. The van der Waals surface area contributed by atoms with Crippen LogP contribution in [-0.4, -0.2) is 40.9 Å². The number of nitrogens with one attached hydrogen (secondary N) is 1. The second-order valence-electron chi connectivity index (χ2n) is 6.99. The van der Waals surface area contributed by atoms with Crippen molar-refractivity contribution in [2.45, 2.75) is 52.8 Å². The van der Waals surface area contributed by atoms with E-state index < -0.39 is 12.1 Å². The molecule has 0 aliphatic carbocycles. The number of benzene rings is 1. The lowest BCUT2D eigenvalue weighted by molar-refractivity contribution is -0.143. The number of amides is 2. The summed E-state index contributed by atoms with van der Waals surface area (Å²) in [5.74, 6) is -1.00. The van der Waals surface area contributed by atoms with Crippen molar-refractivity contribution in [2.24, 2.45) is 0 Å². The maximum Gasteiger partial charge on any atom is 0.338 e. The molecule has 0 saturated carbocycles. The number of nitrogens with zero attached hydrogens (tertiary/aromatic N) is 1. The van der Waals surface area contributed by atoms with Crippen LogP contribution < -0.4 is 5.32 Å². The molecular weight excluding hydrogens is 376 g/mol. The molecule has 150 valence electrons. The van der Waals surface area contributed by atoms with E-state index in [9.17, 15) is 14.4 Å². The number of ether oxygens (including phenoxy) is 1. The summed E-state index contributed by atoms with van der Waals surface area (Å²) in [6.45, 7) is 9.28. The zero-order valence-electron chi connectivity index (χ0n) is 16.8. The monoisotopic (exact) mass is 402 g/mol. The molecule has 0 radical (unpaired) electrons. The van der Waals surface area contributed by atoms with Crippen LogP contribution in [0.3, 0.4) is 0 Å². The molecule has 2 rings (SSSR count). The number of hydrogen-bond donors (Lipinski definition) is 1. The Labute approximate surface area is 169 Å². The second-order valence-corrected chi connectivity index (χ2v) is 7.94. The smallest absolute Gasteiger partial charge is 0.338 e. The molecule has 1 aromatic carbocycles. The number of anilines is 1. The van der Waals surface area contributed by atoms with Gasteiger partial charge in [-0.3, -0.25) is 9.59 Å². The summed E-state index contributed by atoms with van der Waals surface area (Å²) in [6, 6.07) is 9.95. The van der Waals surface area contributed by atoms with E-state index in [0.717, 1.165) is 0 Å². The van der Waals surface area contributed by atoms with E-state index >= 15 is 0 Å². The van der Waals surface area contributed by atoms with Crippen LogP contribution in [0.25, 0.3) is 0 Å². The van der Waals surface area contributed by atoms with E-state index in [2.05, 4.69) is 5.32 Å². The minimum Gasteiger partial charge on any atom is -0.449 e. The number of rotatable bonds is 7. The van der Waals surface area contributed by atoms with Gasteiger partial charge in [-0.15, -0.1) is 11.3 Å². The molecule has 0 aliphatic rings. The molecule has 0 saturated heterocycles. The van der Waals surface area contributed by atoms with E-state index in [-0.39, 0.29) is 23.9 Å². The highest BCUT2D eigenvalue weighted by Gasteiger charge is 2.27. The first kappa shape index (κ1) is 21.6. The van der Waals surface area contributed by atoms with E-state index in [1.165, 1.54) is 11.3 Å². The van der Waals surface area contributed by atoms with Crippen LogP contribution in [0.1, 0.15) is 54.6 Å². The Kier molecular flexibility index (Phi) is 7.34. The summed E-state index contributed by atoms with van der Waals surface area (Å²) >= 11 is 1.35. The maximum atomic E-state index is 12.6. The van der Waals surface area contributed by atoms with Gasteiger partial charge in [-0.25, -0.2) is 4.79 Å². The van der Waals surface area contributed by atoms with Crippen LogP contribution in [0.2, 0.25) is 0 Å². The second kappa shape index (κ2) is 9.50.